The first kappa shape index (κ1) is 16.8. The molecule has 1 aliphatic rings. The zero-order valence-corrected chi connectivity index (χ0v) is 14.7. The van der Waals surface area contributed by atoms with Crippen molar-refractivity contribution in [1.29, 1.82) is 0 Å². The van der Waals surface area contributed by atoms with Gasteiger partial charge in [0.05, 0.1) is 18.2 Å². The molecule has 0 radical (unpaired) electrons. The van der Waals surface area contributed by atoms with Gasteiger partial charge < -0.3 is 19.4 Å². The van der Waals surface area contributed by atoms with E-state index in [0.29, 0.717) is 18.8 Å². The Hall–Kier alpha value is -2.01. The van der Waals surface area contributed by atoms with Gasteiger partial charge in [-0.1, -0.05) is 19.1 Å². The van der Waals surface area contributed by atoms with E-state index in [1.165, 1.54) is 0 Å². The van der Waals surface area contributed by atoms with E-state index in [4.69, 9.17) is 9.47 Å². The molecule has 1 aromatic heterocycles. The number of nitrogens with one attached hydrogen (secondary N) is 1. The van der Waals surface area contributed by atoms with Gasteiger partial charge in [0.25, 0.3) is 5.91 Å². The second-order valence-electron chi connectivity index (χ2n) is 6.51. The van der Waals surface area contributed by atoms with Gasteiger partial charge in [-0.2, -0.15) is 0 Å². The number of hydrogen-bond acceptors (Lipinski definition) is 3. The van der Waals surface area contributed by atoms with Crippen molar-refractivity contribution in [2.45, 2.75) is 52.4 Å². The Morgan fingerprint density at radius 3 is 3.04 bits per heavy atom. The fraction of sp³-hybridized carbons (Fsp3) is 0.526. The van der Waals surface area contributed by atoms with Gasteiger partial charge in [-0.25, -0.2) is 0 Å². The number of benzene rings is 1. The summed E-state index contributed by atoms with van der Waals surface area (Å²) in [5.41, 5.74) is 1.74. The molecule has 0 unspecified atom stereocenters. The van der Waals surface area contributed by atoms with Crippen molar-refractivity contribution in [1.82, 2.24) is 9.88 Å². The lowest BCUT2D eigenvalue weighted by molar-refractivity contribution is 0.0755. The lowest BCUT2D eigenvalue weighted by atomic mass is 10.2. The molecule has 1 aromatic carbocycles. The maximum absolute atomic E-state index is 12.6. The Kier molecular flexibility index (Phi) is 5.09. The molecule has 0 fully saturated rings. The standard InChI is InChI=1S/C19H26N2O3/c1-4-15-12-21-16(19(22)20-9-6-10-23-13(2)3)11-14-7-5-8-17(24-15)18(14)21/h5,7-8,11,13,15H,4,6,9-10,12H2,1-3H3,(H,20,22)/t15-/m0/s1. The summed E-state index contributed by atoms with van der Waals surface area (Å²) >= 11 is 0. The fourth-order valence-electron chi connectivity index (χ4n) is 3.08. The Bertz CT molecular complexity index is 721. The summed E-state index contributed by atoms with van der Waals surface area (Å²) in [4.78, 5) is 12.6. The van der Waals surface area contributed by atoms with Crippen LogP contribution in [0.1, 0.15) is 44.1 Å². The topological polar surface area (TPSA) is 52.5 Å². The number of para-hydroxylation sites is 1. The first-order chi connectivity index (χ1) is 11.6. The van der Waals surface area contributed by atoms with E-state index in [1.54, 1.807) is 0 Å². The van der Waals surface area contributed by atoms with Crippen LogP contribution in [0.25, 0.3) is 10.9 Å². The van der Waals surface area contributed by atoms with E-state index >= 15 is 0 Å². The monoisotopic (exact) mass is 330 g/mol. The van der Waals surface area contributed by atoms with Crippen LogP contribution >= 0.6 is 0 Å². The number of nitrogens with zero attached hydrogens (tertiary/aromatic N) is 1. The van der Waals surface area contributed by atoms with Crippen molar-refractivity contribution in [2.75, 3.05) is 13.2 Å². The number of carbonyl (C=O) groups is 1. The van der Waals surface area contributed by atoms with Crippen LogP contribution < -0.4 is 10.1 Å². The number of aromatic nitrogens is 1. The first-order valence-corrected chi connectivity index (χ1v) is 8.78. The highest BCUT2D eigenvalue weighted by molar-refractivity contribution is 6.00. The highest BCUT2D eigenvalue weighted by Gasteiger charge is 2.25. The molecule has 1 N–H and O–H groups in total. The summed E-state index contributed by atoms with van der Waals surface area (Å²) in [5.74, 6) is 0.841. The van der Waals surface area contributed by atoms with Gasteiger partial charge in [0.2, 0.25) is 0 Å². The quantitative estimate of drug-likeness (QED) is 0.792. The van der Waals surface area contributed by atoms with Crippen LogP contribution in [0, 0.1) is 0 Å². The van der Waals surface area contributed by atoms with E-state index in [9.17, 15) is 4.79 Å². The lowest BCUT2D eigenvalue weighted by Crippen LogP contribution is -2.32. The number of rotatable bonds is 7. The SMILES string of the molecule is CC[C@H]1Cn2c(C(=O)NCCCOC(C)C)cc3cccc(c32)O1. The minimum absolute atomic E-state index is 0.0292. The molecule has 1 aliphatic heterocycles. The average Bonchev–Trinajstić information content (AvgIpc) is 2.94. The third kappa shape index (κ3) is 3.41. The number of carbonyl (C=O) groups excluding carboxylic acids is 1. The van der Waals surface area contributed by atoms with Gasteiger partial charge >= 0.3 is 0 Å². The van der Waals surface area contributed by atoms with Gasteiger partial charge in [0, 0.05) is 18.5 Å². The molecule has 5 nitrogen and oxygen atoms in total. The summed E-state index contributed by atoms with van der Waals surface area (Å²) < 4.78 is 13.6. The molecular formula is C19H26N2O3. The predicted molar refractivity (Wildman–Crippen MR) is 94.7 cm³/mol. The molecule has 2 aromatic rings. The molecule has 0 spiro atoms. The zero-order valence-electron chi connectivity index (χ0n) is 14.7. The largest absolute Gasteiger partial charge is 0.486 e. The van der Waals surface area contributed by atoms with Crippen molar-refractivity contribution < 1.29 is 14.3 Å². The van der Waals surface area contributed by atoms with Crippen LogP contribution in [0.5, 0.6) is 5.75 Å². The lowest BCUT2D eigenvalue weighted by Gasteiger charge is -2.26. The predicted octanol–water partition coefficient (Wildman–Crippen LogP) is 3.36. The molecule has 2 heterocycles. The average molecular weight is 330 g/mol. The molecule has 130 valence electrons. The first-order valence-electron chi connectivity index (χ1n) is 8.78. The molecular weight excluding hydrogens is 304 g/mol. The summed E-state index contributed by atoms with van der Waals surface area (Å²) in [6.45, 7) is 8.13. The summed E-state index contributed by atoms with van der Waals surface area (Å²) in [7, 11) is 0. The zero-order chi connectivity index (χ0) is 17.1. The van der Waals surface area contributed by atoms with Crippen LogP contribution in [-0.4, -0.2) is 35.8 Å². The Morgan fingerprint density at radius 2 is 2.29 bits per heavy atom. The summed E-state index contributed by atoms with van der Waals surface area (Å²) in [6, 6.07) is 7.94. The minimum Gasteiger partial charge on any atom is -0.486 e. The van der Waals surface area contributed by atoms with Crippen molar-refractivity contribution in [3.05, 3.63) is 30.0 Å². The molecule has 1 atom stereocenters. The van der Waals surface area contributed by atoms with E-state index in [-0.39, 0.29) is 18.1 Å². The second-order valence-corrected chi connectivity index (χ2v) is 6.51. The highest BCUT2D eigenvalue weighted by atomic mass is 16.5. The van der Waals surface area contributed by atoms with Crippen molar-refractivity contribution in [3.63, 3.8) is 0 Å². The Balaban J connectivity index is 1.73. The minimum atomic E-state index is -0.0292. The van der Waals surface area contributed by atoms with Gasteiger partial charge in [-0.15, -0.1) is 0 Å². The molecule has 0 saturated carbocycles. The van der Waals surface area contributed by atoms with E-state index < -0.39 is 0 Å². The normalized spacial score (nSPS) is 16.4. The fourth-order valence-corrected chi connectivity index (χ4v) is 3.08. The van der Waals surface area contributed by atoms with E-state index in [2.05, 4.69) is 16.8 Å². The molecule has 0 saturated heterocycles. The second kappa shape index (κ2) is 7.26. The van der Waals surface area contributed by atoms with Gasteiger partial charge in [0.1, 0.15) is 17.5 Å². The molecule has 3 rings (SSSR count). The van der Waals surface area contributed by atoms with Crippen LogP contribution in [0.2, 0.25) is 0 Å². The molecule has 1 amide bonds. The highest BCUT2D eigenvalue weighted by Crippen LogP contribution is 2.34. The van der Waals surface area contributed by atoms with Crippen LogP contribution in [0.4, 0.5) is 0 Å². The van der Waals surface area contributed by atoms with Gasteiger partial charge in [-0.3, -0.25) is 4.79 Å². The molecule has 24 heavy (non-hydrogen) atoms. The molecule has 0 bridgehead atoms. The number of hydrogen-bond donors (Lipinski definition) is 1. The summed E-state index contributed by atoms with van der Waals surface area (Å²) in [6.07, 6.45) is 2.07. The Labute approximate surface area is 142 Å². The third-order valence-electron chi connectivity index (χ3n) is 4.31. The van der Waals surface area contributed by atoms with E-state index in [0.717, 1.165) is 36.0 Å². The van der Waals surface area contributed by atoms with Gasteiger partial charge in [-0.05, 0) is 38.8 Å². The van der Waals surface area contributed by atoms with Crippen LogP contribution in [0.3, 0.4) is 0 Å². The van der Waals surface area contributed by atoms with Crippen molar-refractivity contribution in [2.24, 2.45) is 0 Å². The van der Waals surface area contributed by atoms with Crippen molar-refractivity contribution >= 4 is 16.8 Å². The molecule has 0 aliphatic carbocycles. The van der Waals surface area contributed by atoms with Gasteiger partial charge in [0.15, 0.2) is 0 Å². The molecule has 5 heteroatoms. The third-order valence-corrected chi connectivity index (χ3v) is 4.31. The van der Waals surface area contributed by atoms with E-state index in [1.807, 2.05) is 38.1 Å². The van der Waals surface area contributed by atoms with Crippen molar-refractivity contribution in [3.8, 4) is 5.75 Å². The number of amides is 1. The summed E-state index contributed by atoms with van der Waals surface area (Å²) in [5, 5.41) is 4.06. The number of ether oxygens (including phenoxy) is 2. The van der Waals surface area contributed by atoms with Crippen LogP contribution in [0.15, 0.2) is 24.3 Å². The smallest absolute Gasteiger partial charge is 0.267 e. The Morgan fingerprint density at radius 1 is 1.46 bits per heavy atom. The van der Waals surface area contributed by atoms with Crippen LogP contribution in [-0.2, 0) is 11.3 Å². The maximum atomic E-state index is 12.6. The maximum Gasteiger partial charge on any atom is 0.267 e.